The Morgan fingerprint density at radius 1 is 1.11 bits per heavy atom. The quantitative estimate of drug-likeness (QED) is 0.574. The van der Waals surface area contributed by atoms with Crippen LogP contribution in [0, 0.1) is 11.8 Å². The summed E-state index contributed by atoms with van der Waals surface area (Å²) in [6, 6.07) is 14.8. The summed E-state index contributed by atoms with van der Waals surface area (Å²) in [7, 11) is 0. The molecule has 0 saturated carbocycles. The van der Waals surface area contributed by atoms with Crippen LogP contribution < -0.4 is 14.8 Å². The van der Waals surface area contributed by atoms with Gasteiger partial charge in [0, 0.05) is 5.69 Å². The van der Waals surface area contributed by atoms with Gasteiger partial charge in [-0.05, 0) is 62.5 Å². The van der Waals surface area contributed by atoms with Crippen molar-refractivity contribution in [3.63, 3.8) is 0 Å². The van der Waals surface area contributed by atoms with Crippen LogP contribution in [0.3, 0.4) is 0 Å². The summed E-state index contributed by atoms with van der Waals surface area (Å²) in [6.45, 7) is 4.58. The highest BCUT2D eigenvalue weighted by Gasteiger charge is 2.11. The molecule has 0 saturated heterocycles. The maximum atomic E-state index is 12.2. The lowest BCUT2D eigenvalue weighted by Crippen LogP contribution is -2.19. The molecule has 8 heteroatoms. The third-order valence-electron chi connectivity index (χ3n) is 3.77. The third kappa shape index (κ3) is 5.43. The monoisotopic (exact) mass is 399 g/mol. The first-order chi connectivity index (χ1) is 13.5. The van der Waals surface area contributed by atoms with E-state index < -0.39 is 0 Å². The Morgan fingerprint density at radius 3 is 2.43 bits per heavy atom. The van der Waals surface area contributed by atoms with E-state index in [-0.39, 0.29) is 23.9 Å². The molecule has 0 bridgehead atoms. The number of carbonyl (C=O) groups is 1. The molecular formula is C20H21N3O4S. The molecular weight excluding hydrogens is 378 g/mol. The first kappa shape index (κ1) is 19.6. The molecule has 0 atom stereocenters. The minimum atomic E-state index is -0.264. The van der Waals surface area contributed by atoms with Crippen LogP contribution in [0.25, 0.3) is 0 Å². The fraction of sp³-hybridized carbons (Fsp3) is 0.250. The van der Waals surface area contributed by atoms with Gasteiger partial charge in [0.25, 0.3) is 10.7 Å². The molecule has 1 amide bonds. The molecule has 0 aliphatic rings. The smallest absolute Gasteiger partial charge is 0.287 e. The summed E-state index contributed by atoms with van der Waals surface area (Å²) in [6.07, 6.45) is 0. The van der Waals surface area contributed by atoms with E-state index in [0.29, 0.717) is 23.9 Å². The van der Waals surface area contributed by atoms with Crippen molar-refractivity contribution in [1.29, 1.82) is 0 Å². The van der Waals surface area contributed by atoms with Crippen LogP contribution in [0.5, 0.6) is 11.5 Å². The van der Waals surface area contributed by atoms with Gasteiger partial charge in [0.15, 0.2) is 6.61 Å². The minimum absolute atomic E-state index is 0.0555. The zero-order valence-corrected chi connectivity index (χ0v) is 16.5. The van der Waals surface area contributed by atoms with Crippen LogP contribution >= 0.6 is 12.2 Å². The molecule has 0 unspecified atom stereocenters. The van der Waals surface area contributed by atoms with Crippen molar-refractivity contribution >= 4 is 23.8 Å². The van der Waals surface area contributed by atoms with Crippen molar-refractivity contribution in [2.24, 2.45) is 0 Å². The maximum absolute atomic E-state index is 12.2. The van der Waals surface area contributed by atoms with Gasteiger partial charge in [-0.3, -0.25) is 4.79 Å². The van der Waals surface area contributed by atoms with Crippen LogP contribution in [0.1, 0.15) is 18.4 Å². The molecule has 3 aromatic rings. The zero-order valence-electron chi connectivity index (χ0n) is 15.7. The normalized spacial score (nSPS) is 10.5. The molecule has 0 fully saturated rings. The standard InChI is InChI=1S/C20H21N3O4S/c1-3-25-16-10-6-15(7-11-16)21-18(24)12-23-20(28)27-19(22-23)13-26-17-8-4-14(2)5-9-17/h4-11H,3,12-13H2,1-2H3,(H,21,24). The molecule has 0 spiro atoms. The minimum Gasteiger partial charge on any atom is -0.494 e. The second-order valence-electron chi connectivity index (χ2n) is 6.03. The highest BCUT2D eigenvalue weighted by Crippen LogP contribution is 2.16. The number of benzene rings is 2. The lowest BCUT2D eigenvalue weighted by molar-refractivity contribution is -0.117. The number of ether oxygens (including phenoxy) is 2. The number of anilines is 1. The number of hydrogen-bond donors (Lipinski definition) is 1. The Kier molecular flexibility index (Phi) is 6.44. The summed E-state index contributed by atoms with van der Waals surface area (Å²) in [4.78, 5) is 12.4. The van der Waals surface area contributed by atoms with Crippen molar-refractivity contribution in [3.05, 3.63) is 64.8 Å². The average molecular weight is 399 g/mol. The van der Waals surface area contributed by atoms with E-state index in [1.54, 1.807) is 24.3 Å². The third-order valence-corrected chi connectivity index (χ3v) is 4.07. The van der Waals surface area contributed by atoms with Crippen LogP contribution in [-0.4, -0.2) is 22.3 Å². The Labute approximate surface area is 167 Å². The van der Waals surface area contributed by atoms with E-state index in [2.05, 4.69) is 10.4 Å². The summed E-state index contributed by atoms with van der Waals surface area (Å²) >= 11 is 5.13. The van der Waals surface area contributed by atoms with Crippen LogP contribution in [0.4, 0.5) is 5.69 Å². The van der Waals surface area contributed by atoms with Gasteiger partial charge in [-0.25, -0.2) is 4.68 Å². The van der Waals surface area contributed by atoms with E-state index in [9.17, 15) is 4.79 Å². The maximum Gasteiger partial charge on any atom is 0.287 e. The van der Waals surface area contributed by atoms with Gasteiger partial charge in [0.2, 0.25) is 5.91 Å². The molecule has 146 valence electrons. The number of hydrogen-bond acceptors (Lipinski definition) is 6. The number of aryl methyl sites for hydroxylation is 1. The largest absolute Gasteiger partial charge is 0.494 e. The predicted octanol–water partition coefficient (Wildman–Crippen LogP) is 4.13. The molecule has 3 rings (SSSR count). The summed E-state index contributed by atoms with van der Waals surface area (Å²) < 4.78 is 17.7. The second-order valence-corrected chi connectivity index (χ2v) is 6.38. The van der Waals surface area contributed by atoms with E-state index in [1.807, 2.05) is 38.1 Å². The SMILES string of the molecule is CCOc1ccc(NC(=O)Cn2nc(COc3ccc(C)cc3)oc2=S)cc1. The van der Waals surface area contributed by atoms with Crippen LogP contribution in [0.15, 0.2) is 52.9 Å². The fourth-order valence-electron chi connectivity index (χ4n) is 2.42. The molecule has 1 aromatic heterocycles. The molecule has 28 heavy (non-hydrogen) atoms. The van der Waals surface area contributed by atoms with Gasteiger partial charge in [0.05, 0.1) is 6.61 Å². The van der Waals surface area contributed by atoms with Gasteiger partial charge < -0.3 is 19.2 Å². The number of carbonyl (C=O) groups excluding carboxylic acids is 1. The molecule has 0 aliphatic heterocycles. The molecule has 2 aromatic carbocycles. The Hall–Kier alpha value is -3.13. The van der Waals surface area contributed by atoms with Gasteiger partial charge in [-0.1, -0.05) is 17.7 Å². The van der Waals surface area contributed by atoms with Gasteiger partial charge in [-0.2, -0.15) is 0 Å². The van der Waals surface area contributed by atoms with E-state index >= 15 is 0 Å². The van der Waals surface area contributed by atoms with Crippen molar-refractivity contribution in [2.45, 2.75) is 27.0 Å². The number of nitrogens with one attached hydrogen (secondary N) is 1. The summed E-state index contributed by atoms with van der Waals surface area (Å²) in [5.41, 5.74) is 1.80. The summed E-state index contributed by atoms with van der Waals surface area (Å²) in [5, 5.41) is 6.99. The van der Waals surface area contributed by atoms with Crippen molar-refractivity contribution in [1.82, 2.24) is 9.78 Å². The topological polar surface area (TPSA) is 78.5 Å². The second kappa shape index (κ2) is 9.18. The van der Waals surface area contributed by atoms with Crippen molar-refractivity contribution < 1.29 is 18.7 Å². The van der Waals surface area contributed by atoms with Gasteiger partial charge in [-0.15, -0.1) is 5.10 Å². The van der Waals surface area contributed by atoms with Crippen molar-refractivity contribution in [3.8, 4) is 11.5 Å². The zero-order chi connectivity index (χ0) is 19.9. The lowest BCUT2D eigenvalue weighted by Gasteiger charge is -2.07. The Bertz CT molecular complexity index is 978. The van der Waals surface area contributed by atoms with E-state index in [0.717, 1.165) is 11.3 Å². The molecule has 1 N–H and O–H groups in total. The lowest BCUT2D eigenvalue weighted by atomic mass is 10.2. The van der Waals surface area contributed by atoms with Crippen LogP contribution in [-0.2, 0) is 17.9 Å². The highest BCUT2D eigenvalue weighted by atomic mass is 32.1. The van der Waals surface area contributed by atoms with E-state index in [1.165, 1.54) is 4.68 Å². The molecule has 0 aliphatic carbocycles. The number of rotatable bonds is 8. The molecule has 7 nitrogen and oxygen atoms in total. The van der Waals surface area contributed by atoms with Gasteiger partial charge in [0.1, 0.15) is 18.0 Å². The number of amides is 1. The fourth-order valence-corrected chi connectivity index (χ4v) is 2.63. The molecule has 1 heterocycles. The van der Waals surface area contributed by atoms with E-state index in [4.69, 9.17) is 26.1 Å². The average Bonchev–Trinajstić information content (AvgIpc) is 3.02. The van der Waals surface area contributed by atoms with Crippen molar-refractivity contribution in [2.75, 3.05) is 11.9 Å². The Balaban J connectivity index is 1.55. The van der Waals surface area contributed by atoms with Gasteiger partial charge >= 0.3 is 0 Å². The first-order valence-corrected chi connectivity index (χ1v) is 9.23. The summed E-state index contributed by atoms with van der Waals surface area (Å²) in [5.74, 6) is 1.49. The highest BCUT2D eigenvalue weighted by molar-refractivity contribution is 7.71. The first-order valence-electron chi connectivity index (χ1n) is 8.82. The van der Waals surface area contributed by atoms with Crippen LogP contribution in [0.2, 0.25) is 0 Å². The predicted molar refractivity (Wildman–Crippen MR) is 107 cm³/mol. The number of aromatic nitrogens is 2. The Morgan fingerprint density at radius 2 is 1.75 bits per heavy atom. The molecule has 0 radical (unpaired) electrons. The number of nitrogens with zero attached hydrogens (tertiary/aromatic N) is 2.